The van der Waals surface area contributed by atoms with Crippen LogP contribution in [0.1, 0.15) is 42.6 Å². The van der Waals surface area contributed by atoms with E-state index in [9.17, 15) is 4.79 Å². The van der Waals surface area contributed by atoms with Gasteiger partial charge in [0.2, 0.25) is 0 Å². The number of amides is 1. The Morgan fingerprint density at radius 1 is 1.17 bits per heavy atom. The molecule has 1 heterocycles. The second-order valence-corrected chi connectivity index (χ2v) is 6.84. The van der Waals surface area contributed by atoms with Crippen molar-refractivity contribution >= 4 is 35.8 Å². The van der Waals surface area contributed by atoms with Crippen LogP contribution in [0.3, 0.4) is 0 Å². The van der Waals surface area contributed by atoms with Crippen LogP contribution in [0.15, 0.2) is 29.3 Å². The van der Waals surface area contributed by atoms with Crippen molar-refractivity contribution in [3.05, 3.63) is 35.4 Å². The Bertz CT molecular complexity index is 604. The third kappa shape index (κ3) is 10.3. The highest BCUT2D eigenvalue weighted by Crippen LogP contribution is 2.12. The first-order valence-electron chi connectivity index (χ1n) is 10.3. The van der Waals surface area contributed by atoms with Crippen LogP contribution in [0, 0.1) is 5.92 Å². The van der Waals surface area contributed by atoms with Crippen LogP contribution in [0.5, 0.6) is 0 Å². The fourth-order valence-corrected chi connectivity index (χ4v) is 2.88. The van der Waals surface area contributed by atoms with Gasteiger partial charge in [0.1, 0.15) is 0 Å². The van der Waals surface area contributed by atoms with Gasteiger partial charge in [0.05, 0.1) is 19.8 Å². The zero-order chi connectivity index (χ0) is 20.0. The van der Waals surface area contributed by atoms with Crippen molar-refractivity contribution in [2.24, 2.45) is 10.9 Å². The summed E-state index contributed by atoms with van der Waals surface area (Å²) in [5.74, 6) is 1.31. The van der Waals surface area contributed by atoms with E-state index < -0.39 is 0 Å². The molecule has 2 rings (SSSR count). The Morgan fingerprint density at radius 3 is 2.59 bits per heavy atom. The zero-order valence-corrected chi connectivity index (χ0v) is 19.9. The molecule has 1 aromatic rings. The van der Waals surface area contributed by atoms with E-state index in [0.717, 1.165) is 63.9 Å². The number of hydrogen-bond acceptors (Lipinski definition) is 4. The van der Waals surface area contributed by atoms with E-state index in [-0.39, 0.29) is 29.9 Å². The minimum Gasteiger partial charge on any atom is -0.381 e. The molecule has 1 unspecified atom stereocenters. The van der Waals surface area contributed by atoms with Gasteiger partial charge in [0.15, 0.2) is 5.96 Å². The minimum absolute atomic E-state index is 0. The second kappa shape index (κ2) is 15.4. The number of hydrogen-bond donors (Lipinski definition) is 3. The smallest absolute Gasteiger partial charge is 0.251 e. The van der Waals surface area contributed by atoms with Crippen LogP contribution in [0.4, 0.5) is 0 Å². The SMILES string of the molecule is CCNC(=O)c1ccc(CN=C(NCC)NCCCOCC2CCOC2)cc1.I. The van der Waals surface area contributed by atoms with Crippen molar-refractivity contribution in [3.63, 3.8) is 0 Å². The Morgan fingerprint density at radius 2 is 1.93 bits per heavy atom. The molecule has 1 aliphatic rings. The lowest BCUT2D eigenvalue weighted by atomic mass is 10.1. The number of guanidine groups is 1. The third-order valence-electron chi connectivity index (χ3n) is 4.45. The van der Waals surface area contributed by atoms with Crippen molar-refractivity contribution in [2.45, 2.75) is 33.2 Å². The van der Waals surface area contributed by atoms with Crippen LogP contribution in [0.25, 0.3) is 0 Å². The van der Waals surface area contributed by atoms with Crippen molar-refractivity contribution in [3.8, 4) is 0 Å². The molecule has 0 saturated carbocycles. The Balaban J connectivity index is 0.00000420. The van der Waals surface area contributed by atoms with Crippen LogP contribution in [-0.2, 0) is 16.0 Å². The van der Waals surface area contributed by atoms with Gasteiger partial charge >= 0.3 is 0 Å². The molecule has 164 valence electrons. The molecule has 1 aromatic carbocycles. The molecule has 0 aliphatic carbocycles. The average Bonchev–Trinajstić information content (AvgIpc) is 3.22. The summed E-state index contributed by atoms with van der Waals surface area (Å²) in [6.45, 7) is 9.99. The summed E-state index contributed by atoms with van der Waals surface area (Å²) in [6, 6.07) is 7.56. The highest BCUT2D eigenvalue weighted by Gasteiger charge is 2.15. The molecule has 8 heteroatoms. The maximum atomic E-state index is 11.8. The van der Waals surface area contributed by atoms with E-state index in [1.54, 1.807) is 0 Å². The maximum Gasteiger partial charge on any atom is 0.251 e. The van der Waals surface area contributed by atoms with Gasteiger partial charge < -0.3 is 25.4 Å². The highest BCUT2D eigenvalue weighted by atomic mass is 127. The largest absolute Gasteiger partial charge is 0.381 e. The predicted octanol–water partition coefficient (Wildman–Crippen LogP) is 2.55. The summed E-state index contributed by atoms with van der Waals surface area (Å²) in [5.41, 5.74) is 1.73. The summed E-state index contributed by atoms with van der Waals surface area (Å²) in [4.78, 5) is 16.4. The van der Waals surface area contributed by atoms with Crippen molar-refractivity contribution in [1.29, 1.82) is 0 Å². The fourth-order valence-electron chi connectivity index (χ4n) is 2.88. The Kier molecular flexibility index (Phi) is 13.7. The van der Waals surface area contributed by atoms with Crippen molar-refractivity contribution in [2.75, 3.05) is 46.1 Å². The van der Waals surface area contributed by atoms with Crippen LogP contribution in [-0.4, -0.2) is 57.9 Å². The van der Waals surface area contributed by atoms with E-state index in [1.165, 1.54) is 0 Å². The predicted molar refractivity (Wildman–Crippen MR) is 127 cm³/mol. The molecule has 7 nitrogen and oxygen atoms in total. The summed E-state index contributed by atoms with van der Waals surface area (Å²) in [6.07, 6.45) is 2.04. The number of carbonyl (C=O) groups is 1. The van der Waals surface area contributed by atoms with Gasteiger partial charge in [-0.25, -0.2) is 4.99 Å². The van der Waals surface area contributed by atoms with E-state index in [0.29, 0.717) is 24.6 Å². The van der Waals surface area contributed by atoms with Crippen LogP contribution in [0.2, 0.25) is 0 Å². The van der Waals surface area contributed by atoms with Gasteiger partial charge in [-0.1, -0.05) is 12.1 Å². The zero-order valence-electron chi connectivity index (χ0n) is 17.5. The molecular formula is C21H35IN4O3. The molecule has 0 aromatic heterocycles. The molecule has 1 atom stereocenters. The number of nitrogens with one attached hydrogen (secondary N) is 3. The number of ether oxygens (including phenoxy) is 2. The molecule has 0 radical (unpaired) electrons. The second-order valence-electron chi connectivity index (χ2n) is 6.84. The normalized spacial score (nSPS) is 16.2. The molecule has 29 heavy (non-hydrogen) atoms. The quantitative estimate of drug-likeness (QED) is 0.182. The average molecular weight is 518 g/mol. The molecule has 3 N–H and O–H groups in total. The molecule has 0 spiro atoms. The van der Waals surface area contributed by atoms with E-state index in [4.69, 9.17) is 9.47 Å². The Hall–Kier alpha value is -1.39. The lowest BCUT2D eigenvalue weighted by Gasteiger charge is -2.12. The topological polar surface area (TPSA) is 84.0 Å². The maximum absolute atomic E-state index is 11.8. The number of halogens is 1. The highest BCUT2D eigenvalue weighted by molar-refractivity contribution is 14.0. The monoisotopic (exact) mass is 518 g/mol. The molecule has 1 amide bonds. The summed E-state index contributed by atoms with van der Waals surface area (Å²) < 4.78 is 11.1. The molecule has 1 aliphatic heterocycles. The molecule has 1 fully saturated rings. The molecule has 0 bridgehead atoms. The number of carbonyl (C=O) groups excluding carboxylic acids is 1. The summed E-state index contributed by atoms with van der Waals surface area (Å²) >= 11 is 0. The summed E-state index contributed by atoms with van der Waals surface area (Å²) in [5, 5.41) is 9.39. The first-order chi connectivity index (χ1) is 13.7. The van der Waals surface area contributed by atoms with E-state index >= 15 is 0 Å². The van der Waals surface area contributed by atoms with Crippen molar-refractivity contribution < 1.29 is 14.3 Å². The van der Waals surface area contributed by atoms with Gasteiger partial charge in [-0.2, -0.15) is 0 Å². The van der Waals surface area contributed by atoms with Crippen LogP contribution < -0.4 is 16.0 Å². The molecular weight excluding hydrogens is 483 g/mol. The minimum atomic E-state index is -0.0461. The first-order valence-corrected chi connectivity index (χ1v) is 10.3. The van der Waals surface area contributed by atoms with E-state index in [1.807, 2.05) is 38.1 Å². The standard InChI is InChI=1S/C21H34N4O3.HI/c1-3-22-20(26)19-8-6-17(7-9-19)14-25-21(23-4-2)24-11-5-12-27-15-18-10-13-28-16-18;/h6-9,18H,3-5,10-16H2,1-2H3,(H,22,26)(H2,23,24,25);1H. The van der Waals surface area contributed by atoms with Gasteiger partial charge in [-0.05, 0) is 44.4 Å². The first kappa shape index (κ1) is 25.6. The lowest BCUT2D eigenvalue weighted by Crippen LogP contribution is -2.38. The van der Waals surface area contributed by atoms with Gasteiger partial charge in [0.25, 0.3) is 5.91 Å². The molecule has 1 saturated heterocycles. The van der Waals surface area contributed by atoms with Gasteiger partial charge in [-0.3, -0.25) is 4.79 Å². The van der Waals surface area contributed by atoms with Crippen molar-refractivity contribution in [1.82, 2.24) is 16.0 Å². The van der Waals surface area contributed by atoms with Crippen LogP contribution >= 0.6 is 24.0 Å². The third-order valence-corrected chi connectivity index (χ3v) is 4.45. The number of nitrogens with zero attached hydrogens (tertiary/aromatic N) is 1. The van der Waals surface area contributed by atoms with Gasteiger partial charge in [0, 0.05) is 44.3 Å². The number of aliphatic imine (C=N–C) groups is 1. The fraction of sp³-hybridized carbons (Fsp3) is 0.619. The number of rotatable bonds is 11. The van der Waals surface area contributed by atoms with Gasteiger partial charge in [-0.15, -0.1) is 24.0 Å². The summed E-state index contributed by atoms with van der Waals surface area (Å²) in [7, 11) is 0. The number of benzene rings is 1. The Labute approximate surface area is 191 Å². The lowest BCUT2D eigenvalue weighted by molar-refractivity contribution is 0.0888. The van der Waals surface area contributed by atoms with E-state index in [2.05, 4.69) is 20.9 Å².